The van der Waals surface area contributed by atoms with Crippen LogP contribution >= 0.6 is 0 Å². The van der Waals surface area contributed by atoms with E-state index in [1.807, 2.05) is 32.0 Å². The van der Waals surface area contributed by atoms with Gasteiger partial charge in [0.1, 0.15) is 16.9 Å². The molecule has 0 saturated heterocycles. The molecule has 4 aromatic rings. The minimum Gasteiger partial charge on any atom is -0.483 e. The monoisotopic (exact) mass is 732 g/mol. The second-order valence-corrected chi connectivity index (χ2v) is 15.4. The number of hydrogen-bond donors (Lipinski definition) is 1. The zero-order valence-electron chi connectivity index (χ0n) is 31.6. The van der Waals surface area contributed by atoms with E-state index < -0.39 is 42.0 Å². The number of aliphatic hydroxyl groups excluding tert-OH is 1. The fourth-order valence-corrected chi connectivity index (χ4v) is 8.37. The molecular weight excluding hydrogens is 684 g/mol. The smallest absolute Gasteiger partial charge is 0.339 e. The lowest BCUT2D eigenvalue weighted by Gasteiger charge is -2.43. The molecule has 1 N–H and O–H groups in total. The van der Waals surface area contributed by atoms with Crippen molar-refractivity contribution in [2.45, 2.75) is 96.1 Å². The first-order valence-electron chi connectivity index (χ1n) is 18.8. The van der Waals surface area contributed by atoms with Crippen LogP contribution in [0.3, 0.4) is 0 Å². The molecule has 4 heterocycles. The van der Waals surface area contributed by atoms with Gasteiger partial charge in [0.05, 0.1) is 18.8 Å². The average molecular weight is 733 g/mol. The first-order chi connectivity index (χ1) is 26.0. The van der Waals surface area contributed by atoms with Crippen LogP contribution in [-0.2, 0) is 43.2 Å². The van der Waals surface area contributed by atoms with E-state index in [0.29, 0.717) is 40.7 Å². The molecule has 0 radical (unpaired) electrons. The summed E-state index contributed by atoms with van der Waals surface area (Å²) >= 11 is 0. The molecular formula is C45H48O9. The molecule has 0 unspecified atom stereocenters. The van der Waals surface area contributed by atoms with Gasteiger partial charge in [0, 0.05) is 48.3 Å². The highest BCUT2D eigenvalue weighted by molar-refractivity contribution is 5.90. The number of carbonyl (C=O) groups excluding carboxylic acids is 2. The fraction of sp³-hybridized carbons (Fsp3) is 0.400. The molecule has 1 aliphatic carbocycles. The number of allylic oxidation sites excluding steroid dienone is 3. The number of aryl methyl sites for hydroxylation is 1. The standard InChI is InChI=1S/C45H48O9/c1-26(2)32-17-13-27-11-14-29(15-12-27)33-18-16-30(28-9-7-6-8-10-28)23-31(33)24-38(47)51-41-39-37(54-45(3,4)42(41)53-43(32)48)20-19-34-36(25-46)35(21-22-50-5)44(49)52-40(34)39/h6-12,14-16,18-20,30-31,33,41-42,46H,13,17,21-25H2,1-5H3/t30-,31+,33+,41-,42+/m1/s1. The Bertz CT molecular complexity index is 2160. The topological polar surface area (TPSA) is 122 Å². The van der Waals surface area contributed by atoms with Gasteiger partial charge in [-0.3, -0.25) is 4.79 Å². The molecule has 3 aliphatic heterocycles. The number of esters is 2. The average Bonchev–Trinajstić information content (AvgIpc) is 3.15. The minimum atomic E-state index is -1.20. The van der Waals surface area contributed by atoms with Crippen molar-refractivity contribution in [1.82, 2.24) is 0 Å². The maximum atomic E-state index is 14.5. The molecule has 9 nitrogen and oxygen atoms in total. The number of ether oxygens (including phenoxy) is 4. The van der Waals surface area contributed by atoms with E-state index in [2.05, 4.69) is 48.6 Å². The molecule has 5 atom stereocenters. The van der Waals surface area contributed by atoms with Crippen LogP contribution in [0.25, 0.3) is 11.0 Å². The molecule has 9 heteroatoms. The van der Waals surface area contributed by atoms with Crippen LogP contribution < -0.4 is 10.4 Å². The summed E-state index contributed by atoms with van der Waals surface area (Å²) in [6.07, 6.45) is 4.27. The normalized spacial score (nSPS) is 23.8. The zero-order valence-corrected chi connectivity index (χ0v) is 31.6. The van der Waals surface area contributed by atoms with E-state index in [4.69, 9.17) is 23.4 Å². The van der Waals surface area contributed by atoms with E-state index in [1.165, 1.54) is 12.7 Å². The van der Waals surface area contributed by atoms with Gasteiger partial charge in [-0.05, 0) is 87.3 Å². The molecule has 282 valence electrons. The van der Waals surface area contributed by atoms with Crippen molar-refractivity contribution in [3.05, 3.63) is 134 Å². The number of methoxy groups -OCH3 is 1. The molecule has 4 aliphatic rings. The Labute approximate surface area is 315 Å². The number of aliphatic hydroxyl groups is 1. The Morgan fingerprint density at radius 3 is 2.35 bits per heavy atom. The lowest BCUT2D eigenvalue weighted by Crippen LogP contribution is -2.52. The SMILES string of the molecule is COCCc1c(CO)c2ccc3c(c2oc1=O)[C@H]1OC(=O)C[C@@H]2C[C@H](c4ccccc4)C=C[C@H]2c2ccc(cc2)CCC(=C(C)C)C(=O)O[C@@H]1C(C)(C)O3. The van der Waals surface area contributed by atoms with Crippen molar-refractivity contribution in [2.24, 2.45) is 5.92 Å². The van der Waals surface area contributed by atoms with Crippen LogP contribution in [0.5, 0.6) is 5.75 Å². The van der Waals surface area contributed by atoms with Crippen LogP contribution in [0.4, 0.5) is 0 Å². The summed E-state index contributed by atoms with van der Waals surface area (Å²) in [5.74, 6) is -0.706. The molecule has 0 saturated carbocycles. The highest BCUT2D eigenvalue weighted by Crippen LogP contribution is 2.48. The quantitative estimate of drug-likeness (QED) is 0.0943. The van der Waals surface area contributed by atoms with Crippen LogP contribution in [0.1, 0.15) is 98.3 Å². The molecule has 3 aromatic carbocycles. The molecule has 54 heavy (non-hydrogen) atoms. The van der Waals surface area contributed by atoms with E-state index in [1.54, 1.807) is 26.0 Å². The van der Waals surface area contributed by atoms with E-state index >= 15 is 0 Å². The van der Waals surface area contributed by atoms with Gasteiger partial charge in [-0.15, -0.1) is 0 Å². The summed E-state index contributed by atoms with van der Waals surface area (Å²) in [4.78, 5) is 42.2. The molecule has 0 amide bonds. The molecule has 1 aromatic heterocycles. The number of hydrogen-bond acceptors (Lipinski definition) is 9. The van der Waals surface area contributed by atoms with E-state index in [9.17, 15) is 19.5 Å². The van der Waals surface area contributed by atoms with Gasteiger partial charge >= 0.3 is 17.6 Å². The second-order valence-electron chi connectivity index (χ2n) is 15.4. The van der Waals surface area contributed by atoms with Crippen LogP contribution in [0.2, 0.25) is 0 Å². The molecule has 2 bridgehead atoms. The summed E-state index contributed by atoms with van der Waals surface area (Å²) < 4.78 is 30.6. The summed E-state index contributed by atoms with van der Waals surface area (Å²) in [5, 5.41) is 11.0. The van der Waals surface area contributed by atoms with Gasteiger partial charge in [0.2, 0.25) is 0 Å². The van der Waals surface area contributed by atoms with Crippen molar-refractivity contribution in [3.63, 3.8) is 0 Å². The van der Waals surface area contributed by atoms with Gasteiger partial charge in [-0.2, -0.15) is 0 Å². The van der Waals surface area contributed by atoms with E-state index in [-0.39, 0.29) is 48.3 Å². The molecule has 0 spiro atoms. The summed E-state index contributed by atoms with van der Waals surface area (Å²) in [5.41, 5.74) is 3.98. The largest absolute Gasteiger partial charge is 0.483 e. The summed E-state index contributed by atoms with van der Waals surface area (Å²) in [6.45, 7) is 7.16. The minimum absolute atomic E-state index is 0.0312. The highest BCUT2D eigenvalue weighted by atomic mass is 16.6. The number of rotatable bonds is 5. The Hall–Kier alpha value is -4.99. The van der Waals surface area contributed by atoms with E-state index in [0.717, 1.165) is 23.1 Å². The maximum absolute atomic E-state index is 14.5. The van der Waals surface area contributed by atoms with Gasteiger partial charge in [0.15, 0.2) is 12.2 Å². The highest BCUT2D eigenvalue weighted by Gasteiger charge is 2.51. The van der Waals surface area contributed by atoms with Crippen molar-refractivity contribution in [2.75, 3.05) is 13.7 Å². The lowest BCUT2D eigenvalue weighted by atomic mass is 9.72. The summed E-state index contributed by atoms with van der Waals surface area (Å²) in [6, 6.07) is 22.2. The predicted molar refractivity (Wildman–Crippen MR) is 204 cm³/mol. The fourth-order valence-electron chi connectivity index (χ4n) is 8.37. The molecule has 0 fully saturated rings. The van der Waals surface area contributed by atoms with Crippen molar-refractivity contribution in [1.29, 1.82) is 0 Å². The van der Waals surface area contributed by atoms with Crippen LogP contribution in [-0.4, -0.2) is 42.5 Å². The number of carbonyl (C=O) groups is 2. The first-order valence-corrected chi connectivity index (χ1v) is 18.8. The Morgan fingerprint density at radius 2 is 1.65 bits per heavy atom. The van der Waals surface area contributed by atoms with Gasteiger partial charge in [-0.25, -0.2) is 9.59 Å². The number of benzene rings is 3. The van der Waals surface area contributed by atoms with Gasteiger partial charge in [0.25, 0.3) is 0 Å². The van der Waals surface area contributed by atoms with Crippen LogP contribution in [0, 0.1) is 5.92 Å². The Kier molecular flexibility index (Phi) is 10.6. The summed E-state index contributed by atoms with van der Waals surface area (Å²) in [7, 11) is 1.53. The third-order valence-electron chi connectivity index (χ3n) is 11.3. The number of fused-ring (bicyclic) bond motifs is 11. The zero-order chi connectivity index (χ0) is 38.1. The second kappa shape index (κ2) is 15.4. The lowest BCUT2D eigenvalue weighted by molar-refractivity contribution is -0.188. The maximum Gasteiger partial charge on any atom is 0.339 e. The van der Waals surface area contributed by atoms with Crippen LogP contribution in [0.15, 0.2) is 99.2 Å². The Morgan fingerprint density at radius 1 is 0.889 bits per heavy atom. The first kappa shape index (κ1) is 37.3. The van der Waals surface area contributed by atoms with Crippen molar-refractivity contribution < 1.29 is 38.1 Å². The van der Waals surface area contributed by atoms with Crippen molar-refractivity contribution in [3.8, 4) is 5.75 Å². The Balaban J connectivity index is 1.37. The third-order valence-corrected chi connectivity index (χ3v) is 11.3. The van der Waals surface area contributed by atoms with Crippen molar-refractivity contribution >= 4 is 22.9 Å². The van der Waals surface area contributed by atoms with Gasteiger partial charge < -0.3 is 28.5 Å². The third kappa shape index (κ3) is 7.27. The predicted octanol–water partition coefficient (Wildman–Crippen LogP) is 7.96. The molecule has 8 rings (SSSR count). The van der Waals surface area contributed by atoms with Gasteiger partial charge in [-0.1, -0.05) is 72.3 Å².